The molecule has 0 atom stereocenters. The van der Waals surface area contributed by atoms with Gasteiger partial charge in [0.15, 0.2) is 0 Å². The van der Waals surface area contributed by atoms with E-state index in [0.717, 1.165) is 0 Å². The standard InChI is InChI=1S/C7H5Br2F2N/c8-4-1-5(9)7(11)3(2-12)6(4)10/h1H,2,12H2. The number of hydrogen-bond donors (Lipinski definition) is 1. The average Bonchev–Trinajstić information content (AvgIpc) is 2.02. The van der Waals surface area contributed by atoms with Crippen molar-refractivity contribution in [1.29, 1.82) is 0 Å². The Labute approximate surface area is 85.2 Å². The molecule has 0 spiro atoms. The summed E-state index contributed by atoms with van der Waals surface area (Å²) in [5.41, 5.74) is 5.05. The summed E-state index contributed by atoms with van der Waals surface area (Å²) >= 11 is 5.89. The molecule has 0 unspecified atom stereocenters. The summed E-state index contributed by atoms with van der Waals surface area (Å²) in [5, 5.41) is 0. The first-order chi connectivity index (χ1) is 5.57. The van der Waals surface area contributed by atoms with Crippen LogP contribution in [0.15, 0.2) is 15.0 Å². The molecule has 0 saturated heterocycles. The average molecular weight is 301 g/mol. The molecule has 1 rings (SSSR count). The van der Waals surface area contributed by atoms with Crippen molar-refractivity contribution in [2.24, 2.45) is 5.73 Å². The fourth-order valence-electron chi connectivity index (χ4n) is 0.802. The molecule has 0 radical (unpaired) electrons. The van der Waals surface area contributed by atoms with Crippen molar-refractivity contribution >= 4 is 31.9 Å². The van der Waals surface area contributed by atoms with Crippen LogP contribution in [0.4, 0.5) is 8.78 Å². The molecular weight excluding hydrogens is 296 g/mol. The molecule has 0 aromatic heterocycles. The molecule has 0 aliphatic heterocycles. The van der Waals surface area contributed by atoms with Crippen LogP contribution >= 0.6 is 31.9 Å². The Bertz CT molecular complexity index is 289. The first-order valence-electron chi connectivity index (χ1n) is 3.10. The molecule has 0 fully saturated rings. The summed E-state index contributed by atoms with van der Waals surface area (Å²) in [6.07, 6.45) is 0. The van der Waals surface area contributed by atoms with E-state index in [1.807, 2.05) is 0 Å². The maximum Gasteiger partial charge on any atom is 0.144 e. The van der Waals surface area contributed by atoms with Crippen LogP contribution in [0.1, 0.15) is 5.56 Å². The van der Waals surface area contributed by atoms with Gasteiger partial charge in [-0.1, -0.05) is 0 Å². The van der Waals surface area contributed by atoms with Gasteiger partial charge in [-0.25, -0.2) is 8.78 Å². The fraction of sp³-hybridized carbons (Fsp3) is 0.143. The Morgan fingerprint density at radius 1 is 1.17 bits per heavy atom. The Balaban J connectivity index is 3.42. The number of rotatable bonds is 1. The largest absolute Gasteiger partial charge is 0.326 e. The Morgan fingerprint density at radius 3 is 1.92 bits per heavy atom. The molecule has 0 aliphatic carbocycles. The normalized spacial score (nSPS) is 10.4. The first kappa shape index (κ1) is 10.1. The van der Waals surface area contributed by atoms with Gasteiger partial charge in [-0.2, -0.15) is 0 Å². The van der Waals surface area contributed by atoms with Gasteiger partial charge in [-0.3, -0.25) is 0 Å². The van der Waals surface area contributed by atoms with Crippen LogP contribution in [0.25, 0.3) is 0 Å². The minimum absolute atomic E-state index is 0.115. The van der Waals surface area contributed by atoms with Gasteiger partial charge in [0, 0.05) is 12.1 Å². The summed E-state index contributed by atoms with van der Waals surface area (Å²) in [5.74, 6) is -1.28. The lowest BCUT2D eigenvalue weighted by Crippen LogP contribution is -2.04. The van der Waals surface area contributed by atoms with Crippen molar-refractivity contribution in [3.05, 3.63) is 32.2 Å². The molecule has 66 valence electrons. The third-order valence-corrected chi connectivity index (χ3v) is 2.56. The number of benzene rings is 1. The van der Waals surface area contributed by atoms with Crippen molar-refractivity contribution in [3.8, 4) is 0 Å². The highest BCUT2D eigenvalue weighted by Crippen LogP contribution is 2.27. The molecule has 2 N–H and O–H groups in total. The van der Waals surface area contributed by atoms with Gasteiger partial charge in [0.1, 0.15) is 11.6 Å². The van der Waals surface area contributed by atoms with E-state index in [1.54, 1.807) is 0 Å². The van der Waals surface area contributed by atoms with Gasteiger partial charge >= 0.3 is 0 Å². The third-order valence-electron chi connectivity index (χ3n) is 1.41. The molecule has 5 heteroatoms. The van der Waals surface area contributed by atoms with Gasteiger partial charge < -0.3 is 5.73 Å². The van der Waals surface area contributed by atoms with E-state index >= 15 is 0 Å². The highest BCUT2D eigenvalue weighted by atomic mass is 79.9. The van der Waals surface area contributed by atoms with E-state index in [-0.39, 0.29) is 21.1 Å². The molecule has 0 heterocycles. The number of halogens is 4. The maximum atomic E-state index is 13.1. The monoisotopic (exact) mass is 299 g/mol. The second-order valence-corrected chi connectivity index (χ2v) is 3.86. The summed E-state index contributed by atoms with van der Waals surface area (Å²) in [6, 6.07) is 1.31. The minimum Gasteiger partial charge on any atom is -0.326 e. The zero-order chi connectivity index (χ0) is 9.30. The van der Waals surface area contributed by atoms with Crippen molar-refractivity contribution < 1.29 is 8.78 Å². The van der Waals surface area contributed by atoms with Crippen LogP contribution in [-0.4, -0.2) is 0 Å². The molecule has 0 amide bonds. The van der Waals surface area contributed by atoms with E-state index in [9.17, 15) is 8.78 Å². The first-order valence-corrected chi connectivity index (χ1v) is 4.68. The predicted octanol–water partition coefficient (Wildman–Crippen LogP) is 2.95. The quantitative estimate of drug-likeness (QED) is 0.793. The highest BCUT2D eigenvalue weighted by Gasteiger charge is 2.14. The van der Waals surface area contributed by atoms with E-state index in [2.05, 4.69) is 31.9 Å². The van der Waals surface area contributed by atoms with Crippen molar-refractivity contribution in [1.82, 2.24) is 0 Å². The Hall–Kier alpha value is -0.0000000000000000555. The summed E-state index contributed by atoms with van der Waals surface area (Å²) < 4.78 is 26.5. The summed E-state index contributed by atoms with van der Waals surface area (Å²) in [7, 11) is 0. The molecule has 0 saturated carbocycles. The van der Waals surface area contributed by atoms with Gasteiger partial charge in [0.2, 0.25) is 0 Å². The summed E-state index contributed by atoms with van der Waals surface area (Å²) in [6.45, 7) is -0.157. The minimum atomic E-state index is -0.641. The second kappa shape index (κ2) is 3.81. The Kier molecular flexibility index (Phi) is 3.20. The van der Waals surface area contributed by atoms with E-state index in [1.165, 1.54) is 6.07 Å². The van der Waals surface area contributed by atoms with Crippen molar-refractivity contribution in [2.75, 3.05) is 0 Å². The molecule has 1 nitrogen and oxygen atoms in total. The Morgan fingerprint density at radius 2 is 1.58 bits per heavy atom. The highest BCUT2D eigenvalue weighted by molar-refractivity contribution is 9.11. The van der Waals surface area contributed by atoms with E-state index in [4.69, 9.17) is 5.73 Å². The van der Waals surface area contributed by atoms with Crippen molar-refractivity contribution in [2.45, 2.75) is 6.54 Å². The van der Waals surface area contributed by atoms with E-state index in [0.29, 0.717) is 0 Å². The molecule has 0 aliphatic rings. The van der Waals surface area contributed by atoms with Crippen LogP contribution in [0.5, 0.6) is 0 Å². The van der Waals surface area contributed by atoms with E-state index < -0.39 is 11.6 Å². The molecule has 12 heavy (non-hydrogen) atoms. The lowest BCUT2D eigenvalue weighted by atomic mass is 10.2. The SMILES string of the molecule is NCc1c(F)c(Br)cc(Br)c1F. The van der Waals surface area contributed by atoms with Crippen LogP contribution in [0.2, 0.25) is 0 Å². The van der Waals surface area contributed by atoms with Crippen LogP contribution in [0, 0.1) is 11.6 Å². The van der Waals surface area contributed by atoms with Gasteiger partial charge in [0.25, 0.3) is 0 Å². The lowest BCUT2D eigenvalue weighted by Gasteiger charge is -2.05. The number of nitrogens with two attached hydrogens (primary N) is 1. The molecular formula is C7H5Br2F2N. The van der Waals surface area contributed by atoms with Gasteiger partial charge in [-0.15, -0.1) is 0 Å². The second-order valence-electron chi connectivity index (χ2n) is 2.15. The third kappa shape index (κ3) is 1.67. The molecule has 0 bridgehead atoms. The lowest BCUT2D eigenvalue weighted by molar-refractivity contribution is 0.548. The number of hydrogen-bond acceptors (Lipinski definition) is 1. The van der Waals surface area contributed by atoms with Crippen LogP contribution < -0.4 is 5.73 Å². The van der Waals surface area contributed by atoms with Crippen LogP contribution in [-0.2, 0) is 6.54 Å². The summed E-state index contributed by atoms with van der Waals surface area (Å²) in [4.78, 5) is 0. The van der Waals surface area contributed by atoms with Crippen LogP contribution in [0.3, 0.4) is 0 Å². The van der Waals surface area contributed by atoms with Gasteiger partial charge in [-0.05, 0) is 37.9 Å². The molecule has 1 aromatic rings. The zero-order valence-electron chi connectivity index (χ0n) is 5.87. The predicted molar refractivity (Wildman–Crippen MR) is 49.6 cm³/mol. The smallest absolute Gasteiger partial charge is 0.144 e. The maximum absolute atomic E-state index is 13.1. The molecule has 1 aromatic carbocycles. The van der Waals surface area contributed by atoms with Gasteiger partial charge in [0.05, 0.1) is 8.95 Å². The topological polar surface area (TPSA) is 26.0 Å². The van der Waals surface area contributed by atoms with Crippen molar-refractivity contribution in [3.63, 3.8) is 0 Å². The fourth-order valence-corrected chi connectivity index (χ4v) is 2.05. The zero-order valence-corrected chi connectivity index (χ0v) is 9.05.